The van der Waals surface area contributed by atoms with Crippen LogP contribution in [0.2, 0.25) is 5.02 Å². The molecule has 0 bridgehead atoms. The van der Waals surface area contributed by atoms with Gasteiger partial charge in [-0.25, -0.2) is 0 Å². The summed E-state index contributed by atoms with van der Waals surface area (Å²) in [6, 6.07) is 10.9. The number of carbonyl (C=O) groups excluding carboxylic acids is 1. The number of hydrogen-bond acceptors (Lipinski definition) is 3. The number of fused-ring (bicyclic) bond motifs is 1. The highest BCUT2D eigenvalue weighted by Crippen LogP contribution is 2.28. The second-order valence-electron chi connectivity index (χ2n) is 5.12. The number of carboxylic acids is 1. The highest BCUT2D eigenvalue weighted by atomic mass is 35.5. The number of ketones is 1. The largest absolute Gasteiger partial charge is 0.508 e. The van der Waals surface area contributed by atoms with Crippen molar-refractivity contribution in [2.24, 2.45) is 0 Å². The molecular weight excluding hydrogens is 318 g/mol. The van der Waals surface area contributed by atoms with E-state index in [9.17, 15) is 14.7 Å². The van der Waals surface area contributed by atoms with Crippen molar-refractivity contribution in [1.82, 2.24) is 4.98 Å². The third kappa shape index (κ3) is 2.91. The van der Waals surface area contributed by atoms with Gasteiger partial charge in [0.1, 0.15) is 5.75 Å². The first-order valence-corrected chi connectivity index (χ1v) is 7.19. The zero-order chi connectivity index (χ0) is 16.6. The van der Waals surface area contributed by atoms with Gasteiger partial charge in [0.25, 0.3) is 0 Å². The lowest BCUT2D eigenvalue weighted by Gasteiger charge is -2.03. The van der Waals surface area contributed by atoms with E-state index < -0.39 is 5.97 Å². The maximum atomic E-state index is 12.7. The molecule has 6 heteroatoms. The van der Waals surface area contributed by atoms with Gasteiger partial charge in [-0.2, -0.15) is 0 Å². The minimum atomic E-state index is -1.04. The molecule has 0 radical (unpaired) electrons. The fraction of sp³-hybridized carbons (Fsp3) is 0.0588. The van der Waals surface area contributed by atoms with Crippen molar-refractivity contribution in [1.29, 1.82) is 0 Å². The quantitative estimate of drug-likeness (QED) is 0.640. The van der Waals surface area contributed by atoms with Gasteiger partial charge < -0.3 is 15.2 Å². The number of aromatic amines is 1. The lowest BCUT2D eigenvalue weighted by Crippen LogP contribution is -2.08. The molecule has 5 nitrogen and oxygen atoms in total. The van der Waals surface area contributed by atoms with E-state index in [1.165, 1.54) is 12.1 Å². The molecule has 116 valence electrons. The molecule has 23 heavy (non-hydrogen) atoms. The van der Waals surface area contributed by atoms with Crippen molar-refractivity contribution >= 4 is 34.3 Å². The lowest BCUT2D eigenvalue weighted by molar-refractivity contribution is -0.136. The van der Waals surface area contributed by atoms with Gasteiger partial charge >= 0.3 is 5.97 Å². The van der Waals surface area contributed by atoms with Crippen molar-refractivity contribution in [2.75, 3.05) is 0 Å². The molecule has 3 N–H and O–H groups in total. The Morgan fingerprint density at radius 2 is 1.91 bits per heavy atom. The van der Waals surface area contributed by atoms with Crippen LogP contribution in [0, 0.1) is 0 Å². The normalized spacial score (nSPS) is 10.8. The fourth-order valence-electron chi connectivity index (χ4n) is 2.55. The standard InChI is InChI=1S/C17H12ClNO4/c18-10-4-5-12-13(8-15(21)22)16(19-14(12)7-10)17(23)9-2-1-3-11(20)6-9/h1-7,19-20H,8H2,(H,21,22). The van der Waals surface area contributed by atoms with Crippen molar-refractivity contribution < 1.29 is 19.8 Å². The number of benzene rings is 2. The molecule has 3 aromatic rings. The molecule has 1 aromatic heterocycles. The summed E-state index contributed by atoms with van der Waals surface area (Å²) < 4.78 is 0. The lowest BCUT2D eigenvalue weighted by atomic mass is 10.0. The third-order valence-corrected chi connectivity index (χ3v) is 3.77. The average Bonchev–Trinajstić information content (AvgIpc) is 2.83. The maximum absolute atomic E-state index is 12.7. The SMILES string of the molecule is O=C(O)Cc1c(C(=O)c2cccc(O)c2)[nH]c2cc(Cl)ccc12. The van der Waals surface area contributed by atoms with Crippen LogP contribution in [0.1, 0.15) is 21.6 Å². The molecule has 0 aliphatic carbocycles. The third-order valence-electron chi connectivity index (χ3n) is 3.53. The van der Waals surface area contributed by atoms with Crippen LogP contribution in [0.15, 0.2) is 42.5 Å². The monoisotopic (exact) mass is 329 g/mol. The minimum absolute atomic E-state index is 0.0326. The number of nitrogens with one attached hydrogen (secondary N) is 1. The Morgan fingerprint density at radius 3 is 2.61 bits per heavy atom. The number of carbonyl (C=O) groups is 2. The van der Waals surface area contributed by atoms with Crippen LogP contribution in [-0.4, -0.2) is 26.9 Å². The van der Waals surface area contributed by atoms with Crippen LogP contribution in [0.4, 0.5) is 0 Å². The molecule has 0 unspecified atom stereocenters. The average molecular weight is 330 g/mol. The first kappa shape index (κ1) is 15.1. The summed E-state index contributed by atoms with van der Waals surface area (Å²) in [6.07, 6.45) is -0.290. The number of aromatic hydroxyl groups is 1. The van der Waals surface area contributed by atoms with Crippen LogP contribution in [0.3, 0.4) is 0 Å². The Kier molecular flexibility index (Phi) is 3.80. The Morgan fingerprint density at radius 1 is 1.13 bits per heavy atom. The molecular formula is C17H12ClNO4. The van der Waals surface area contributed by atoms with Gasteiger partial charge in [-0.15, -0.1) is 0 Å². The summed E-state index contributed by atoms with van der Waals surface area (Å²) in [5, 5.41) is 19.8. The van der Waals surface area contributed by atoms with Gasteiger partial charge in [-0.1, -0.05) is 29.8 Å². The van der Waals surface area contributed by atoms with E-state index in [1.54, 1.807) is 30.3 Å². The molecule has 1 heterocycles. The highest BCUT2D eigenvalue weighted by molar-refractivity contribution is 6.31. The summed E-state index contributed by atoms with van der Waals surface area (Å²) in [5.74, 6) is -1.45. The number of halogens is 1. The minimum Gasteiger partial charge on any atom is -0.508 e. The molecule has 0 saturated heterocycles. The molecule has 3 rings (SSSR count). The predicted octanol–water partition coefficient (Wildman–Crippen LogP) is 3.39. The summed E-state index contributed by atoms with van der Waals surface area (Å²) in [7, 11) is 0. The molecule has 0 fully saturated rings. The molecule has 0 saturated carbocycles. The van der Waals surface area contributed by atoms with Crippen molar-refractivity contribution in [3.63, 3.8) is 0 Å². The van der Waals surface area contributed by atoms with Gasteiger partial charge in [0, 0.05) is 27.1 Å². The van der Waals surface area contributed by atoms with E-state index in [-0.39, 0.29) is 29.2 Å². The number of phenolic OH excluding ortho intramolecular Hbond substituents is 1. The van der Waals surface area contributed by atoms with E-state index in [4.69, 9.17) is 16.7 Å². The smallest absolute Gasteiger partial charge is 0.307 e. The summed E-state index contributed by atoms with van der Waals surface area (Å²) in [6.45, 7) is 0. The molecule has 0 aliphatic rings. The molecule has 0 amide bonds. The van der Waals surface area contributed by atoms with Crippen LogP contribution < -0.4 is 0 Å². The van der Waals surface area contributed by atoms with Gasteiger partial charge in [-0.05, 0) is 24.3 Å². The van der Waals surface area contributed by atoms with Crippen molar-refractivity contribution in [3.8, 4) is 5.75 Å². The Labute approximate surface area is 136 Å². The van der Waals surface area contributed by atoms with E-state index in [1.807, 2.05) is 0 Å². The first-order chi connectivity index (χ1) is 11.0. The highest BCUT2D eigenvalue weighted by Gasteiger charge is 2.21. The van der Waals surface area contributed by atoms with Crippen LogP contribution in [0.5, 0.6) is 5.75 Å². The van der Waals surface area contributed by atoms with Gasteiger partial charge in [0.15, 0.2) is 0 Å². The van der Waals surface area contributed by atoms with E-state index in [0.29, 0.717) is 21.5 Å². The second-order valence-corrected chi connectivity index (χ2v) is 5.55. The maximum Gasteiger partial charge on any atom is 0.307 e. The van der Waals surface area contributed by atoms with Gasteiger partial charge in [0.05, 0.1) is 12.1 Å². The van der Waals surface area contributed by atoms with Crippen molar-refractivity contribution in [3.05, 3.63) is 64.3 Å². The number of aromatic nitrogens is 1. The zero-order valence-electron chi connectivity index (χ0n) is 11.8. The van der Waals surface area contributed by atoms with E-state index in [2.05, 4.69) is 4.98 Å². The molecule has 0 atom stereocenters. The van der Waals surface area contributed by atoms with Crippen LogP contribution >= 0.6 is 11.6 Å². The molecule has 2 aromatic carbocycles. The number of aliphatic carboxylic acids is 1. The van der Waals surface area contributed by atoms with E-state index in [0.717, 1.165) is 0 Å². The van der Waals surface area contributed by atoms with Crippen LogP contribution in [-0.2, 0) is 11.2 Å². The Bertz CT molecular complexity index is 929. The number of carboxylic acid groups (broad SMARTS) is 1. The fourth-order valence-corrected chi connectivity index (χ4v) is 2.72. The first-order valence-electron chi connectivity index (χ1n) is 6.81. The second kappa shape index (κ2) is 5.78. The number of rotatable bonds is 4. The summed E-state index contributed by atoms with van der Waals surface area (Å²) in [4.78, 5) is 26.8. The predicted molar refractivity (Wildman–Crippen MR) is 86.2 cm³/mol. The number of H-pyrrole nitrogens is 1. The van der Waals surface area contributed by atoms with Gasteiger partial charge in [-0.3, -0.25) is 9.59 Å². The topological polar surface area (TPSA) is 90.4 Å². The van der Waals surface area contributed by atoms with Crippen LogP contribution in [0.25, 0.3) is 10.9 Å². The van der Waals surface area contributed by atoms with Gasteiger partial charge in [0.2, 0.25) is 5.78 Å². The van der Waals surface area contributed by atoms with Crippen molar-refractivity contribution in [2.45, 2.75) is 6.42 Å². The molecule has 0 aliphatic heterocycles. The molecule has 0 spiro atoms. The summed E-state index contributed by atoms with van der Waals surface area (Å²) in [5.41, 5.74) is 1.46. The zero-order valence-corrected chi connectivity index (χ0v) is 12.6. The number of hydrogen-bond donors (Lipinski definition) is 3. The van der Waals surface area contributed by atoms with E-state index >= 15 is 0 Å². The Balaban J connectivity index is 2.19. The number of phenols is 1. The summed E-state index contributed by atoms with van der Waals surface area (Å²) >= 11 is 5.95. The Hall–Kier alpha value is -2.79.